The summed E-state index contributed by atoms with van der Waals surface area (Å²) in [6.07, 6.45) is 1.86. The van der Waals surface area contributed by atoms with E-state index in [1.807, 2.05) is 20.0 Å². The molecule has 1 aliphatic rings. The molecule has 0 radical (unpaired) electrons. The maximum absolute atomic E-state index is 5.82. The lowest BCUT2D eigenvalue weighted by molar-refractivity contribution is 0.351. The molecule has 0 spiro atoms. The van der Waals surface area contributed by atoms with Crippen LogP contribution in [0.15, 0.2) is 34.8 Å². The fraction of sp³-hybridized carbons (Fsp3) is 0.353. The van der Waals surface area contributed by atoms with Crippen molar-refractivity contribution in [2.45, 2.75) is 25.8 Å². The van der Waals surface area contributed by atoms with Gasteiger partial charge in [0.2, 0.25) is 0 Å². The van der Waals surface area contributed by atoms with E-state index in [1.165, 1.54) is 11.1 Å². The summed E-state index contributed by atoms with van der Waals surface area (Å²) >= 11 is 3.60. The molecule has 2 heterocycles. The fourth-order valence-electron chi connectivity index (χ4n) is 2.83. The Morgan fingerprint density at radius 2 is 2.24 bits per heavy atom. The maximum atomic E-state index is 5.82. The van der Waals surface area contributed by atoms with Crippen molar-refractivity contribution >= 4 is 15.9 Å². The topological polar surface area (TPSA) is 34.1 Å². The summed E-state index contributed by atoms with van der Waals surface area (Å²) in [5, 5.41) is 3.37. The van der Waals surface area contributed by atoms with E-state index in [0.717, 1.165) is 41.1 Å². The summed E-state index contributed by atoms with van der Waals surface area (Å²) < 4.78 is 6.94. The Bertz CT molecular complexity index is 657. The van der Waals surface area contributed by atoms with Crippen LogP contribution in [0.25, 0.3) is 0 Å². The number of likely N-dealkylation sites (N-methyl/N-ethyl adjacent to an activating group) is 1. The van der Waals surface area contributed by atoms with Gasteiger partial charge in [0.05, 0.1) is 18.3 Å². The molecule has 0 bridgehead atoms. The fourth-order valence-corrected chi connectivity index (χ4v) is 3.38. The normalized spacial score (nSPS) is 14.6. The molecule has 2 aromatic rings. The van der Waals surface area contributed by atoms with E-state index in [1.54, 1.807) is 0 Å². The van der Waals surface area contributed by atoms with Crippen molar-refractivity contribution in [2.24, 2.45) is 0 Å². The lowest BCUT2D eigenvalue weighted by atomic mass is 9.99. The first-order chi connectivity index (χ1) is 10.2. The zero-order valence-corrected chi connectivity index (χ0v) is 13.9. The number of nitrogens with zero attached hydrogens (tertiary/aromatic N) is 1. The first-order valence-corrected chi connectivity index (χ1v) is 8.01. The molecule has 1 aromatic heterocycles. The summed E-state index contributed by atoms with van der Waals surface area (Å²) in [4.78, 5) is 4.64. The number of ether oxygens (including phenoxy) is 1. The van der Waals surface area contributed by atoms with Crippen LogP contribution in [0.4, 0.5) is 0 Å². The maximum Gasteiger partial charge on any atom is 0.125 e. The Morgan fingerprint density at radius 3 is 3.00 bits per heavy atom. The second-order valence-electron chi connectivity index (χ2n) is 5.40. The molecule has 0 fully saturated rings. The van der Waals surface area contributed by atoms with Crippen LogP contribution < -0.4 is 10.1 Å². The quantitative estimate of drug-likeness (QED) is 0.918. The first kappa shape index (κ1) is 14.5. The lowest BCUT2D eigenvalue weighted by Crippen LogP contribution is -2.20. The number of halogens is 1. The van der Waals surface area contributed by atoms with Crippen molar-refractivity contribution in [1.82, 2.24) is 10.3 Å². The largest absolute Gasteiger partial charge is 0.493 e. The van der Waals surface area contributed by atoms with Crippen LogP contribution >= 0.6 is 15.9 Å². The first-order valence-electron chi connectivity index (χ1n) is 7.22. The number of benzene rings is 1. The standard InChI is InChI=1S/C17H19BrN2O/c1-11-4-3-5-15(20-11)16(19-2)10-13-9-14(18)8-12-6-7-21-17(12)13/h3-5,8-9,16,19H,6-7,10H2,1-2H3. The van der Waals surface area contributed by atoms with Crippen LogP contribution in [0.5, 0.6) is 5.75 Å². The Kier molecular flexibility index (Phi) is 4.27. The Labute approximate surface area is 133 Å². The summed E-state index contributed by atoms with van der Waals surface area (Å²) in [6.45, 7) is 2.81. The van der Waals surface area contributed by atoms with Crippen LogP contribution in [0, 0.1) is 6.92 Å². The summed E-state index contributed by atoms with van der Waals surface area (Å²) in [5.41, 5.74) is 4.65. The minimum atomic E-state index is 0.188. The van der Waals surface area contributed by atoms with E-state index < -0.39 is 0 Å². The second kappa shape index (κ2) is 6.16. The van der Waals surface area contributed by atoms with Crippen molar-refractivity contribution in [2.75, 3.05) is 13.7 Å². The molecule has 3 rings (SSSR count). The molecule has 0 saturated carbocycles. The Morgan fingerprint density at radius 1 is 1.38 bits per heavy atom. The van der Waals surface area contributed by atoms with Crippen molar-refractivity contribution in [3.05, 3.63) is 57.3 Å². The smallest absolute Gasteiger partial charge is 0.125 e. The lowest BCUT2D eigenvalue weighted by Gasteiger charge is -2.18. The van der Waals surface area contributed by atoms with Gasteiger partial charge in [0.15, 0.2) is 0 Å². The third kappa shape index (κ3) is 3.11. The van der Waals surface area contributed by atoms with Gasteiger partial charge in [0.25, 0.3) is 0 Å². The van der Waals surface area contributed by atoms with Gasteiger partial charge in [0.1, 0.15) is 5.75 Å². The highest BCUT2D eigenvalue weighted by molar-refractivity contribution is 9.10. The van der Waals surface area contributed by atoms with Crippen LogP contribution in [0.3, 0.4) is 0 Å². The molecule has 1 aromatic carbocycles. The minimum absolute atomic E-state index is 0.188. The molecule has 110 valence electrons. The zero-order chi connectivity index (χ0) is 14.8. The van der Waals surface area contributed by atoms with E-state index in [4.69, 9.17) is 4.74 Å². The molecule has 21 heavy (non-hydrogen) atoms. The highest BCUT2D eigenvalue weighted by atomic mass is 79.9. The number of rotatable bonds is 4. The highest BCUT2D eigenvalue weighted by Crippen LogP contribution is 2.35. The predicted molar refractivity (Wildman–Crippen MR) is 87.8 cm³/mol. The molecule has 3 nitrogen and oxygen atoms in total. The van der Waals surface area contributed by atoms with Gasteiger partial charge < -0.3 is 10.1 Å². The van der Waals surface area contributed by atoms with Crippen molar-refractivity contribution in [1.29, 1.82) is 0 Å². The summed E-state index contributed by atoms with van der Waals surface area (Å²) in [5.74, 6) is 1.06. The second-order valence-corrected chi connectivity index (χ2v) is 6.32. The highest BCUT2D eigenvalue weighted by Gasteiger charge is 2.21. The molecule has 0 saturated heterocycles. The number of fused-ring (bicyclic) bond motifs is 1. The van der Waals surface area contributed by atoms with Crippen molar-refractivity contribution in [3.8, 4) is 5.75 Å². The molecule has 1 aliphatic heterocycles. The zero-order valence-electron chi connectivity index (χ0n) is 12.3. The summed E-state index contributed by atoms with van der Waals surface area (Å²) in [6, 6.07) is 10.7. The number of hydrogen-bond acceptors (Lipinski definition) is 3. The third-order valence-corrected chi connectivity index (χ3v) is 4.32. The molecule has 4 heteroatoms. The molecular formula is C17H19BrN2O. The van der Waals surface area contributed by atoms with Gasteiger partial charge >= 0.3 is 0 Å². The molecule has 1 atom stereocenters. The van der Waals surface area contributed by atoms with Crippen molar-refractivity contribution < 1.29 is 4.74 Å². The average Bonchev–Trinajstić information content (AvgIpc) is 2.92. The number of hydrogen-bond donors (Lipinski definition) is 1. The number of pyridine rings is 1. The van der Waals surface area contributed by atoms with E-state index in [9.17, 15) is 0 Å². The van der Waals surface area contributed by atoms with E-state index >= 15 is 0 Å². The van der Waals surface area contributed by atoms with Crippen LogP contribution in [-0.2, 0) is 12.8 Å². The van der Waals surface area contributed by atoms with Gasteiger partial charge in [-0.05, 0) is 55.8 Å². The molecule has 0 amide bonds. The Balaban J connectivity index is 1.91. The number of nitrogens with one attached hydrogen (secondary N) is 1. The average molecular weight is 347 g/mol. The van der Waals surface area contributed by atoms with E-state index in [-0.39, 0.29) is 6.04 Å². The number of aryl methyl sites for hydroxylation is 1. The molecular weight excluding hydrogens is 328 g/mol. The monoisotopic (exact) mass is 346 g/mol. The van der Waals surface area contributed by atoms with Gasteiger partial charge in [-0.2, -0.15) is 0 Å². The van der Waals surface area contributed by atoms with Crippen LogP contribution in [0.2, 0.25) is 0 Å². The van der Waals surface area contributed by atoms with E-state index in [2.05, 4.69) is 50.5 Å². The van der Waals surface area contributed by atoms with Gasteiger partial charge in [-0.1, -0.05) is 22.0 Å². The minimum Gasteiger partial charge on any atom is -0.493 e. The van der Waals surface area contributed by atoms with Crippen molar-refractivity contribution in [3.63, 3.8) is 0 Å². The predicted octanol–water partition coefficient (Wildman–Crippen LogP) is 3.59. The van der Waals surface area contributed by atoms with Gasteiger partial charge in [-0.3, -0.25) is 4.98 Å². The van der Waals surface area contributed by atoms with Gasteiger partial charge in [0, 0.05) is 16.6 Å². The molecule has 1 N–H and O–H groups in total. The number of aromatic nitrogens is 1. The van der Waals surface area contributed by atoms with Gasteiger partial charge in [-0.25, -0.2) is 0 Å². The molecule has 1 unspecified atom stereocenters. The Hall–Kier alpha value is -1.39. The SMILES string of the molecule is CNC(Cc1cc(Br)cc2c1OCC2)c1cccc(C)n1. The summed E-state index contributed by atoms with van der Waals surface area (Å²) in [7, 11) is 1.98. The van der Waals surface area contributed by atoms with Crippen LogP contribution in [0.1, 0.15) is 28.6 Å². The third-order valence-electron chi connectivity index (χ3n) is 3.86. The molecule has 0 aliphatic carbocycles. The van der Waals surface area contributed by atoms with Gasteiger partial charge in [-0.15, -0.1) is 0 Å². The van der Waals surface area contributed by atoms with Crippen LogP contribution in [-0.4, -0.2) is 18.6 Å². The van der Waals surface area contributed by atoms with E-state index in [0.29, 0.717) is 0 Å².